The molecule has 0 atom stereocenters. The van der Waals surface area contributed by atoms with Crippen LogP contribution in [0.25, 0.3) is 11.0 Å². The van der Waals surface area contributed by atoms with E-state index in [9.17, 15) is 4.79 Å². The number of likely N-dealkylation sites (N-methyl/N-ethyl adjacent to an activating group) is 1. The zero-order valence-corrected chi connectivity index (χ0v) is 13.5. The molecule has 22 heavy (non-hydrogen) atoms. The Bertz CT molecular complexity index is 683. The summed E-state index contributed by atoms with van der Waals surface area (Å²) in [5, 5.41) is 1.09. The lowest BCUT2D eigenvalue weighted by molar-refractivity contribution is 0.00852. The Balaban J connectivity index is 1.61. The smallest absolute Gasteiger partial charge is 0.410 e. The molecule has 0 aliphatic carbocycles. The number of amides is 1. The fourth-order valence-electron chi connectivity index (χ4n) is 2.51. The molecule has 1 fully saturated rings. The number of carbonyl (C=O) groups is 1. The normalized spacial score (nSPS) is 15.7. The van der Waals surface area contributed by atoms with Crippen LogP contribution >= 0.6 is 0 Å². The van der Waals surface area contributed by atoms with Gasteiger partial charge >= 0.3 is 6.09 Å². The largest absolute Gasteiger partial charge is 0.444 e. The molecule has 1 aliphatic rings. The minimum Gasteiger partial charge on any atom is -0.444 e. The lowest BCUT2D eigenvalue weighted by Crippen LogP contribution is -2.61. The Kier molecular flexibility index (Phi) is 3.47. The number of H-pyrrole nitrogens is 1. The van der Waals surface area contributed by atoms with Crippen molar-refractivity contribution in [3.8, 4) is 0 Å². The number of likely N-dealkylation sites (tertiary alicyclic amines) is 1. The van der Waals surface area contributed by atoms with Gasteiger partial charge in [-0.3, -0.25) is 0 Å². The summed E-state index contributed by atoms with van der Waals surface area (Å²) in [6.07, 6.45) is 3.50. The van der Waals surface area contributed by atoms with Gasteiger partial charge in [-0.25, -0.2) is 9.78 Å². The Morgan fingerprint density at radius 2 is 2.18 bits per heavy atom. The molecule has 0 unspecified atom stereocenters. The van der Waals surface area contributed by atoms with Crippen molar-refractivity contribution in [1.29, 1.82) is 0 Å². The predicted molar refractivity (Wildman–Crippen MR) is 86.1 cm³/mol. The first-order valence-electron chi connectivity index (χ1n) is 7.47. The molecule has 3 rings (SSSR count). The SMILES string of the molecule is CN(c1cnc2[nH]ccc2c1)C1CN(C(=O)OC(C)(C)C)C1. The van der Waals surface area contributed by atoms with Crippen LogP contribution in [0, 0.1) is 0 Å². The van der Waals surface area contributed by atoms with Gasteiger partial charge in [0.1, 0.15) is 11.2 Å². The molecule has 2 aromatic heterocycles. The summed E-state index contributed by atoms with van der Waals surface area (Å²) < 4.78 is 5.37. The number of aromatic nitrogens is 2. The number of pyridine rings is 1. The topological polar surface area (TPSA) is 61.5 Å². The van der Waals surface area contributed by atoms with Gasteiger partial charge in [0.25, 0.3) is 0 Å². The lowest BCUT2D eigenvalue weighted by Gasteiger charge is -2.44. The maximum atomic E-state index is 12.0. The molecule has 0 bridgehead atoms. The van der Waals surface area contributed by atoms with Crippen molar-refractivity contribution in [2.75, 3.05) is 25.0 Å². The van der Waals surface area contributed by atoms with Crippen molar-refractivity contribution < 1.29 is 9.53 Å². The molecule has 0 saturated carbocycles. The molecule has 1 amide bonds. The molecular formula is C16H22N4O2. The lowest BCUT2D eigenvalue weighted by atomic mass is 10.1. The molecule has 118 valence electrons. The van der Waals surface area contributed by atoms with Gasteiger partial charge in [0, 0.05) is 31.7 Å². The van der Waals surface area contributed by atoms with Gasteiger partial charge in [-0.1, -0.05) is 0 Å². The van der Waals surface area contributed by atoms with Gasteiger partial charge in [0.2, 0.25) is 0 Å². The van der Waals surface area contributed by atoms with E-state index in [0.29, 0.717) is 19.1 Å². The highest BCUT2D eigenvalue weighted by Crippen LogP contribution is 2.24. The highest BCUT2D eigenvalue weighted by Gasteiger charge is 2.36. The summed E-state index contributed by atoms with van der Waals surface area (Å²) in [6, 6.07) is 4.41. The Morgan fingerprint density at radius 1 is 1.45 bits per heavy atom. The van der Waals surface area contributed by atoms with Gasteiger partial charge in [-0.05, 0) is 32.9 Å². The second-order valence-corrected chi connectivity index (χ2v) is 6.76. The molecule has 1 aliphatic heterocycles. The van der Waals surface area contributed by atoms with Crippen LogP contribution in [-0.4, -0.2) is 52.7 Å². The number of carbonyl (C=O) groups excluding carboxylic acids is 1. The van der Waals surface area contributed by atoms with Gasteiger partial charge < -0.3 is 19.5 Å². The monoisotopic (exact) mass is 302 g/mol. The Hall–Kier alpha value is -2.24. The van der Waals surface area contributed by atoms with Crippen molar-refractivity contribution in [3.63, 3.8) is 0 Å². The third-order valence-corrected chi connectivity index (χ3v) is 3.85. The number of hydrogen-bond acceptors (Lipinski definition) is 4. The van der Waals surface area contributed by atoms with E-state index in [-0.39, 0.29) is 6.09 Å². The van der Waals surface area contributed by atoms with Crippen molar-refractivity contribution in [2.45, 2.75) is 32.4 Å². The summed E-state index contributed by atoms with van der Waals surface area (Å²) in [6.45, 7) is 7.00. The third-order valence-electron chi connectivity index (χ3n) is 3.85. The molecule has 6 heteroatoms. The zero-order valence-electron chi connectivity index (χ0n) is 13.5. The maximum absolute atomic E-state index is 12.0. The van der Waals surface area contributed by atoms with E-state index in [4.69, 9.17) is 4.74 Å². The molecule has 1 N–H and O–H groups in total. The van der Waals surface area contributed by atoms with Gasteiger partial charge in [-0.2, -0.15) is 0 Å². The highest BCUT2D eigenvalue weighted by molar-refractivity contribution is 5.79. The number of nitrogens with one attached hydrogen (secondary N) is 1. The van der Waals surface area contributed by atoms with E-state index >= 15 is 0 Å². The minimum atomic E-state index is -0.447. The van der Waals surface area contributed by atoms with E-state index in [0.717, 1.165) is 16.7 Å². The predicted octanol–water partition coefficient (Wildman–Crippen LogP) is 2.62. The first-order chi connectivity index (χ1) is 10.3. The summed E-state index contributed by atoms with van der Waals surface area (Å²) in [5.74, 6) is 0. The number of rotatable bonds is 2. The first-order valence-corrected chi connectivity index (χ1v) is 7.47. The standard InChI is InChI=1S/C16H22N4O2/c1-16(2,3)22-15(21)20-9-13(10-20)19(4)12-7-11-5-6-17-14(11)18-8-12/h5-8,13H,9-10H2,1-4H3,(H,17,18). The van der Waals surface area contributed by atoms with E-state index in [1.54, 1.807) is 4.90 Å². The zero-order chi connectivity index (χ0) is 15.9. The van der Waals surface area contributed by atoms with E-state index in [1.807, 2.05) is 46.3 Å². The fourth-order valence-corrected chi connectivity index (χ4v) is 2.51. The summed E-state index contributed by atoms with van der Waals surface area (Å²) in [4.78, 5) is 23.3. The van der Waals surface area contributed by atoms with Crippen LogP contribution in [0.5, 0.6) is 0 Å². The van der Waals surface area contributed by atoms with Crippen LogP contribution in [0.3, 0.4) is 0 Å². The third kappa shape index (κ3) is 2.86. The van der Waals surface area contributed by atoms with Crippen LogP contribution in [0.1, 0.15) is 20.8 Å². The quantitative estimate of drug-likeness (QED) is 0.926. The molecule has 1 saturated heterocycles. The van der Waals surface area contributed by atoms with Crippen LogP contribution < -0.4 is 4.90 Å². The number of aromatic amines is 1. The number of fused-ring (bicyclic) bond motifs is 1. The fraction of sp³-hybridized carbons (Fsp3) is 0.500. The Labute approximate surface area is 130 Å². The van der Waals surface area contributed by atoms with E-state index < -0.39 is 5.60 Å². The molecule has 0 radical (unpaired) electrons. The minimum absolute atomic E-state index is 0.239. The molecular weight excluding hydrogens is 280 g/mol. The average Bonchev–Trinajstić information content (AvgIpc) is 2.81. The molecule has 2 aromatic rings. The van der Waals surface area contributed by atoms with Gasteiger partial charge in [0.15, 0.2) is 0 Å². The van der Waals surface area contributed by atoms with Crippen LogP contribution in [0.15, 0.2) is 24.5 Å². The molecule has 0 spiro atoms. The summed E-state index contributed by atoms with van der Waals surface area (Å²) >= 11 is 0. The first kappa shape index (κ1) is 14.7. The number of hydrogen-bond donors (Lipinski definition) is 1. The van der Waals surface area contributed by atoms with Crippen LogP contribution in [0.4, 0.5) is 10.5 Å². The van der Waals surface area contributed by atoms with Crippen LogP contribution in [0.2, 0.25) is 0 Å². The second kappa shape index (κ2) is 5.19. The number of nitrogens with zero attached hydrogens (tertiary/aromatic N) is 3. The molecule has 0 aromatic carbocycles. The number of ether oxygens (including phenoxy) is 1. The van der Waals surface area contributed by atoms with E-state index in [2.05, 4.69) is 20.9 Å². The van der Waals surface area contributed by atoms with Crippen molar-refractivity contribution in [1.82, 2.24) is 14.9 Å². The average molecular weight is 302 g/mol. The molecule has 3 heterocycles. The highest BCUT2D eigenvalue weighted by atomic mass is 16.6. The number of anilines is 1. The van der Waals surface area contributed by atoms with Crippen molar-refractivity contribution in [3.05, 3.63) is 24.5 Å². The van der Waals surface area contributed by atoms with Gasteiger partial charge in [0.05, 0.1) is 17.9 Å². The van der Waals surface area contributed by atoms with Crippen LogP contribution in [-0.2, 0) is 4.74 Å². The van der Waals surface area contributed by atoms with E-state index in [1.165, 1.54) is 0 Å². The second-order valence-electron chi connectivity index (χ2n) is 6.76. The van der Waals surface area contributed by atoms with Gasteiger partial charge in [-0.15, -0.1) is 0 Å². The van der Waals surface area contributed by atoms with Crippen molar-refractivity contribution >= 4 is 22.8 Å². The maximum Gasteiger partial charge on any atom is 0.410 e. The van der Waals surface area contributed by atoms with Crippen molar-refractivity contribution in [2.24, 2.45) is 0 Å². The molecule has 6 nitrogen and oxygen atoms in total. The summed E-state index contributed by atoms with van der Waals surface area (Å²) in [7, 11) is 2.03. The Morgan fingerprint density at radius 3 is 2.86 bits per heavy atom. The summed E-state index contributed by atoms with van der Waals surface area (Å²) in [5.41, 5.74) is 1.50.